The SMILES string of the molecule is CCN(CC)OP(=O)(CCP(=O)(O)O)ON(CC)CC. The Balaban J connectivity index is 4.91. The van der Waals surface area contributed by atoms with Crippen molar-refractivity contribution < 1.29 is 28.2 Å². The van der Waals surface area contributed by atoms with Crippen molar-refractivity contribution in [3.8, 4) is 0 Å². The fraction of sp³-hybridized carbons (Fsp3) is 1.00. The molecule has 0 spiro atoms. The van der Waals surface area contributed by atoms with Gasteiger partial charge >= 0.3 is 15.2 Å². The normalized spacial score (nSPS) is 13.4. The standard InChI is InChI=1S/C10H26N2O6P2/c1-5-11(6-2)17-20(16,10-9-19(13,14)15)18-12(7-3)8-4/h5-10H2,1-4H3,(H2,13,14,15). The molecule has 0 saturated heterocycles. The summed E-state index contributed by atoms with van der Waals surface area (Å²) in [6, 6.07) is 0. The topological polar surface area (TPSA) is 99.5 Å². The molecule has 0 saturated carbocycles. The molecule has 0 amide bonds. The Labute approximate surface area is 120 Å². The molecular formula is C10H26N2O6P2. The van der Waals surface area contributed by atoms with Crippen LogP contribution in [0.4, 0.5) is 0 Å². The van der Waals surface area contributed by atoms with Crippen molar-refractivity contribution in [1.82, 2.24) is 10.1 Å². The average Bonchev–Trinajstić information content (AvgIpc) is 2.39. The largest absolute Gasteiger partial charge is 0.364 e. The molecule has 0 aliphatic carbocycles. The lowest BCUT2D eigenvalue weighted by atomic mass is 10.6. The summed E-state index contributed by atoms with van der Waals surface area (Å²) in [7, 11) is -7.89. The molecule has 0 heterocycles. The first-order valence-corrected chi connectivity index (χ1v) is 10.2. The van der Waals surface area contributed by atoms with Crippen LogP contribution >= 0.6 is 15.2 Å². The van der Waals surface area contributed by atoms with Crippen molar-refractivity contribution in [3.05, 3.63) is 0 Å². The van der Waals surface area contributed by atoms with Gasteiger partial charge in [-0.15, -0.1) is 0 Å². The third-order valence-corrected chi connectivity index (χ3v) is 5.45. The Bertz CT molecular complexity index is 336. The summed E-state index contributed by atoms with van der Waals surface area (Å²) in [6.45, 7) is 9.30. The van der Waals surface area contributed by atoms with Crippen LogP contribution < -0.4 is 0 Å². The molecule has 2 N–H and O–H groups in total. The van der Waals surface area contributed by atoms with E-state index in [1.807, 2.05) is 27.7 Å². The van der Waals surface area contributed by atoms with Gasteiger partial charge in [-0.2, -0.15) is 10.1 Å². The molecule has 0 fully saturated rings. The van der Waals surface area contributed by atoms with Crippen molar-refractivity contribution in [1.29, 1.82) is 0 Å². The van der Waals surface area contributed by atoms with Gasteiger partial charge in [0.1, 0.15) is 0 Å². The smallest absolute Gasteiger partial charge is 0.324 e. The van der Waals surface area contributed by atoms with Crippen molar-refractivity contribution in [2.45, 2.75) is 27.7 Å². The Morgan fingerprint density at radius 2 is 1.15 bits per heavy atom. The zero-order valence-corrected chi connectivity index (χ0v) is 14.3. The maximum atomic E-state index is 12.6. The first-order valence-electron chi connectivity index (χ1n) is 6.72. The van der Waals surface area contributed by atoms with Crippen molar-refractivity contribution in [2.75, 3.05) is 38.5 Å². The van der Waals surface area contributed by atoms with Gasteiger partial charge in [0.15, 0.2) is 0 Å². The van der Waals surface area contributed by atoms with Crippen LogP contribution in [0.25, 0.3) is 0 Å². The summed E-state index contributed by atoms with van der Waals surface area (Å²) < 4.78 is 34.3. The third kappa shape index (κ3) is 8.49. The second-order valence-corrected chi connectivity index (χ2v) is 7.89. The second kappa shape index (κ2) is 9.28. The van der Waals surface area contributed by atoms with Crippen molar-refractivity contribution in [2.24, 2.45) is 0 Å². The van der Waals surface area contributed by atoms with Crippen molar-refractivity contribution >= 4 is 15.2 Å². The molecular weight excluding hydrogens is 306 g/mol. The molecule has 0 atom stereocenters. The number of hydrogen-bond acceptors (Lipinski definition) is 6. The zero-order valence-electron chi connectivity index (χ0n) is 12.6. The van der Waals surface area contributed by atoms with E-state index in [-0.39, 0.29) is 6.16 Å². The summed E-state index contributed by atoms with van der Waals surface area (Å²) in [5.74, 6) is 0. The lowest BCUT2D eigenvalue weighted by Crippen LogP contribution is -2.28. The van der Waals surface area contributed by atoms with E-state index in [4.69, 9.17) is 19.0 Å². The molecule has 0 aliphatic heterocycles. The molecule has 0 rings (SSSR count). The minimum atomic E-state index is -4.25. The number of hydrogen-bond donors (Lipinski definition) is 2. The molecule has 0 aromatic heterocycles. The molecule has 0 radical (unpaired) electrons. The molecule has 0 aromatic carbocycles. The van der Waals surface area contributed by atoms with E-state index in [1.54, 1.807) is 0 Å². The summed E-state index contributed by atoms with van der Waals surface area (Å²) >= 11 is 0. The van der Waals surface area contributed by atoms with Gasteiger partial charge in [0.25, 0.3) is 0 Å². The van der Waals surface area contributed by atoms with Crippen LogP contribution in [0.3, 0.4) is 0 Å². The second-order valence-electron chi connectivity index (χ2n) is 4.11. The van der Waals surface area contributed by atoms with Crippen LogP contribution in [0.5, 0.6) is 0 Å². The van der Waals surface area contributed by atoms with Gasteiger partial charge in [0.05, 0.1) is 12.3 Å². The van der Waals surface area contributed by atoms with Crippen LogP contribution in [0.2, 0.25) is 0 Å². The monoisotopic (exact) mass is 332 g/mol. The third-order valence-electron chi connectivity index (χ3n) is 2.56. The highest BCUT2D eigenvalue weighted by atomic mass is 31.2. The summed E-state index contributed by atoms with van der Waals surface area (Å²) in [6.07, 6.45) is -0.864. The fourth-order valence-corrected chi connectivity index (χ4v) is 4.76. The Kier molecular flexibility index (Phi) is 9.38. The van der Waals surface area contributed by atoms with E-state index in [1.165, 1.54) is 10.1 Å². The molecule has 0 aliphatic rings. The predicted molar refractivity (Wildman–Crippen MR) is 77.4 cm³/mol. The maximum absolute atomic E-state index is 12.6. The first-order chi connectivity index (χ1) is 9.19. The van der Waals surface area contributed by atoms with Gasteiger partial charge in [0.2, 0.25) is 0 Å². The fourth-order valence-electron chi connectivity index (χ4n) is 1.38. The van der Waals surface area contributed by atoms with Crippen LogP contribution in [0, 0.1) is 0 Å². The summed E-state index contributed by atoms with van der Waals surface area (Å²) in [5, 5.41) is 2.90. The lowest BCUT2D eigenvalue weighted by molar-refractivity contribution is -0.115. The first kappa shape index (κ1) is 20.2. The molecule has 10 heteroatoms. The Morgan fingerprint density at radius 3 is 1.40 bits per heavy atom. The van der Waals surface area contributed by atoms with Crippen LogP contribution in [0.1, 0.15) is 27.7 Å². The summed E-state index contributed by atoms with van der Waals surface area (Å²) in [5.41, 5.74) is 0. The maximum Gasteiger partial charge on any atom is 0.364 e. The van der Waals surface area contributed by atoms with E-state index < -0.39 is 21.4 Å². The van der Waals surface area contributed by atoms with Gasteiger partial charge < -0.3 is 9.79 Å². The number of hydroxylamine groups is 4. The highest BCUT2D eigenvalue weighted by Crippen LogP contribution is 2.52. The predicted octanol–water partition coefficient (Wildman–Crippen LogP) is 1.90. The molecule has 122 valence electrons. The zero-order chi connectivity index (χ0) is 15.8. The van der Waals surface area contributed by atoms with Crippen LogP contribution in [-0.2, 0) is 18.4 Å². The number of nitrogens with zero attached hydrogens (tertiary/aromatic N) is 2. The summed E-state index contributed by atoms with van der Waals surface area (Å²) in [4.78, 5) is 17.9. The Morgan fingerprint density at radius 1 is 0.800 bits per heavy atom. The van der Waals surface area contributed by atoms with Gasteiger partial charge in [-0.3, -0.25) is 9.13 Å². The molecule has 0 aromatic rings. The molecule has 8 nitrogen and oxygen atoms in total. The van der Waals surface area contributed by atoms with Crippen LogP contribution in [-0.4, -0.2) is 58.4 Å². The highest BCUT2D eigenvalue weighted by molar-refractivity contribution is 7.57. The van der Waals surface area contributed by atoms with E-state index in [9.17, 15) is 9.13 Å². The van der Waals surface area contributed by atoms with Gasteiger partial charge in [0, 0.05) is 26.2 Å². The van der Waals surface area contributed by atoms with Gasteiger partial charge in [-0.1, -0.05) is 27.7 Å². The van der Waals surface area contributed by atoms with E-state index in [0.29, 0.717) is 26.2 Å². The Hall–Kier alpha value is 0.220. The molecule has 20 heavy (non-hydrogen) atoms. The minimum Gasteiger partial charge on any atom is -0.324 e. The molecule has 0 bridgehead atoms. The van der Waals surface area contributed by atoms with E-state index >= 15 is 0 Å². The lowest BCUT2D eigenvalue weighted by Gasteiger charge is -2.28. The average molecular weight is 332 g/mol. The molecule has 0 unspecified atom stereocenters. The quantitative estimate of drug-likeness (QED) is 0.437. The van der Waals surface area contributed by atoms with E-state index in [2.05, 4.69) is 0 Å². The van der Waals surface area contributed by atoms with Crippen molar-refractivity contribution in [3.63, 3.8) is 0 Å². The van der Waals surface area contributed by atoms with E-state index in [0.717, 1.165) is 0 Å². The minimum absolute atomic E-state index is 0.329. The van der Waals surface area contributed by atoms with Gasteiger partial charge in [-0.25, -0.2) is 9.25 Å². The van der Waals surface area contributed by atoms with Gasteiger partial charge in [-0.05, 0) is 0 Å². The number of rotatable bonds is 11. The highest BCUT2D eigenvalue weighted by Gasteiger charge is 2.33. The van der Waals surface area contributed by atoms with Crippen LogP contribution in [0.15, 0.2) is 0 Å².